The molecule has 3 heteroatoms. The summed E-state index contributed by atoms with van der Waals surface area (Å²) in [4.78, 5) is 2.46. The Morgan fingerprint density at radius 1 is 0.800 bits per heavy atom. The number of para-hydroxylation sites is 1. The van der Waals surface area contributed by atoms with Gasteiger partial charge in [0.1, 0.15) is 6.54 Å². The second-order valence-electron chi connectivity index (χ2n) is 9.41. The van der Waals surface area contributed by atoms with Crippen molar-refractivity contribution in [3.8, 4) is 0 Å². The molecule has 0 bridgehead atoms. The Morgan fingerprint density at radius 2 is 1.51 bits per heavy atom. The van der Waals surface area contributed by atoms with Crippen molar-refractivity contribution in [2.24, 2.45) is 0 Å². The molecule has 0 saturated heterocycles. The average molecular weight is 573 g/mol. The minimum absolute atomic E-state index is 0. The van der Waals surface area contributed by atoms with E-state index in [2.05, 4.69) is 140 Å². The van der Waals surface area contributed by atoms with Crippen LogP contribution in [0.5, 0.6) is 0 Å². The zero-order valence-corrected chi connectivity index (χ0v) is 23.2. The van der Waals surface area contributed by atoms with E-state index in [1.54, 1.807) is 0 Å². The predicted octanol–water partition coefficient (Wildman–Crippen LogP) is 4.58. The molecule has 0 unspecified atom stereocenters. The van der Waals surface area contributed by atoms with Gasteiger partial charge in [0, 0.05) is 46.9 Å². The van der Waals surface area contributed by atoms with Crippen LogP contribution in [-0.2, 0) is 12.0 Å². The molecule has 0 amide bonds. The van der Waals surface area contributed by atoms with Gasteiger partial charge < -0.3 is 28.9 Å². The van der Waals surface area contributed by atoms with Crippen molar-refractivity contribution < 1.29 is 28.5 Å². The molecule has 0 atom stereocenters. The Hall–Kier alpha value is -2.92. The summed E-state index contributed by atoms with van der Waals surface area (Å²) in [6.45, 7) is 11.0. The number of pyridine rings is 1. The van der Waals surface area contributed by atoms with Gasteiger partial charge in [-0.3, -0.25) is 0 Å². The summed E-state index contributed by atoms with van der Waals surface area (Å²) >= 11 is 0. The SMILES string of the molecule is CCN1/C(=C/C=C/C=C/c2ccc3ccccc3[n+]2CC)C(C)(C)c2c1ccc1ccccc21.[I-]. The van der Waals surface area contributed by atoms with Crippen LogP contribution in [0, 0.1) is 0 Å². The van der Waals surface area contributed by atoms with Crippen LogP contribution in [0.4, 0.5) is 5.69 Å². The van der Waals surface area contributed by atoms with E-state index in [0.717, 1.165) is 13.1 Å². The second-order valence-corrected chi connectivity index (χ2v) is 9.41. The maximum atomic E-state index is 2.46. The molecule has 0 spiro atoms. The van der Waals surface area contributed by atoms with Crippen LogP contribution in [0.2, 0.25) is 0 Å². The first-order chi connectivity index (χ1) is 16.6. The van der Waals surface area contributed by atoms with E-state index >= 15 is 0 Å². The number of hydrogen-bond donors (Lipinski definition) is 0. The third-order valence-electron chi connectivity index (χ3n) is 7.10. The summed E-state index contributed by atoms with van der Waals surface area (Å²) in [6, 6.07) is 26.3. The van der Waals surface area contributed by atoms with Crippen LogP contribution in [-0.4, -0.2) is 6.54 Å². The largest absolute Gasteiger partial charge is 1.00 e. The van der Waals surface area contributed by atoms with E-state index < -0.39 is 0 Å². The van der Waals surface area contributed by atoms with Gasteiger partial charge in [-0.1, -0.05) is 74.5 Å². The summed E-state index contributed by atoms with van der Waals surface area (Å²) in [5.74, 6) is 0. The Labute approximate surface area is 226 Å². The van der Waals surface area contributed by atoms with E-state index in [0.29, 0.717) is 0 Å². The number of nitrogens with zero attached hydrogens (tertiary/aromatic N) is 2. The molecule has 35 heavy (non-hydrogen) atoms. The number of aromatic nitrogens is 1. The zero-order valence-electron chi connectivity index (χ0n) is 21.0. The lowest BCUT2D eigenvalue weighted by molar-refractivity contribution is -0.669. The lowest BCUT2D eigenvalue weighted by atomic mass is 9.81. The molecule has 0 N–H and O–H groups in total. The monoisotopic (exact) mass is 572 g/mol. The van der Waals surface area contributed by atoms with Gasteiger partial charge >= 0.3 is 0 Å². The summed E-state index contributed by atoms with van der Waals surface area (Å²) in [6.07, 6.45) is 11.0. The van der Waals surface area contributed by atoms with Crippen LogP contribution in [0.3, 0.4) is 0 Å². The van der Waals surface area contributed by atoms with E-state index in [9.17, 15) is 0 Å². The predicted molar refractivity (Wildman–Crippen MR) is 146 cm³/mol. The third-order valence-corrected chi connectivity index (χ3v) is 7.10. The molecule has 2 heterocycles. The Bertz CT molecular complexity index is 1460. The standard InChI is InChI=1S/C32H33N2.HI/c1-5-33-26(22-20-25-15-11-13-18-28(25)33)16-8-7-9-19-30-32(3,4)31-27-17-12-10-14-24(27)21-23-29(31)34(30)6-2;/h7-23H,5-6H2,1-4H3;1H/q+1;/p-1. The highest BCUT2D eigenvalue weighted by atomic mass is 127. The summed E-state index contributed by atoms with van der Waals surface area (Å²) in [5, 5.41) is 3.94. The normalized spacial score (nSPS) is 16.0. The number of allylic oxidation sites excluding steroid dienone is 5. The average Bonchev–Trinajstić information content (AvgIpc) is 3.09. The maximum Gasteiger partial charge on any atom is 0.212 e. The Morgan fingerprint density at radius 3 is 2.29 bits per heavy atom. The van der Waals surface area contributed by atoms with Crippen LogP contribution in [0.15, 0.2) is 103 Å². The van der Waals surface area contributed by atoms with Crippen molar-refractivity contribution in [1.29, 1.82) is 0 Å². The minimum Gasteiger partial charge on any atom is -1.00 e. The molecule has 0 aliphatic carbocycles. The molecule has 178 valence electrons. The van der Waals surface area contributed by atoms with E-state index in [1.807, 2.05) is 0 Å². The fraction of sp³-hybridized carbons (Fsp3) is 0.219. The fourth-order valence-electron chi connectivity index (χ4n) is 5.52. The lowest BCUT2D eigenvalue weighted by Gasteiger charge is -2.26. The summed E-state index contributed by atoms with van der Waals surface area (Å²) in [5.41, 5.74) is 6.55. The number of anilines is 1. The highest BCUT2D eigenvalue weighted by Crippen LogP contribution is 2.50. The molecule has 4 aromatic rings. The number of halogens is 1. The maximum absolute atomic E-state index is 2.46. The van der Waals surface area contributed by atoms with Crippen LogP contribution in [0.1, 0.15) is 39.0 Å². The van der Waals surface area contributed by atoms with Crippen molar-refractivity contribution >= 4 is 33.4 Å². The molecular weight excluding hydrogens is 539 g/mol. The third kappa shape index (κ3) is 4.42. The molecule has 1 aliphatic heterocycles. The highest BCUT2D eigenvalue weighted by molar-refractivity contribution is 5.94. The van der Waals surface area contributed by atoms with Gasteiger partial charge in [0.15, 0.2) is 0 Å². The van der Waals surface area contributed by atoms with E-state index in [1.165, 1.54) is 44.3 Å². The number of benzene rings is 3. The summed E-state index contributed by atoms with van der Waals surface area (Å²) in [7, 11) is 0. The van der Waals surface area contributed by atoms with Crippen LogP contribution in [0.25, 0.3) is 27.8 Å². The number of likely N-dealkylation sites (N-methyl/N-ethyl adjacent to an activating group) is 1. The zero-order chi connectivity index (χ0) is 23.7. The minimum atomic E-state index is -0.0517. The van der Waals surface area contributed by atoms with Gasteiger partial charge in [0.05, 0.1) is 0 Å². The van der Waals surface area contributed by atoms with Gasteiger partial charge in [0.25, 0.3) is 0 Å². The molecule has 3 aromatic carbocycles. The van der Waals surface area contributed by atoms with E-state index in [4.69, 9.17) is 0 Å². The lowest BCUT2D eigenvalue weighted by Crippen LogP contribution is -3.00. The van der Waals surface area contributed by atoms with Crippen LogP contribution < -0.4 is 33.4 Å². The number of rotatable bonds is 5. The first-order valence-electron chi connectivity index (χ1n) is 12.3. The number of hydrogen-bond acceptors (Lipinski definition) is 1. The Kier molecular flexibility index (Phi) is 7.46. The first kappa shape index (κ1) is 25.2. The molecule has 5 rings (SSSR count). The Balaban J connectivity index is 0.00000289. The smallest absolute Gasteiger partial charge is 0.212 e. The topological polar surface area (TPSA) is 7.12 Å². The highest BCUT2D eigenvalue weighted by Gasteiger charge is 2.40. The van der Waals surface area contributed by atoms with Gasteiger partial charge in [-0.05, 0) is 54.5 Å². The van der Waals surface area contributed by atoms with Gasteiger partial charge in [-0.15, -0.1) is 0 Å². The number of aryl methyl sites for hydroxylation is 1. The van der Waals surface area contributed by atoms with Crippen molar-refractivity contribution in [2.75, 3.05) is 11.4 Å². The molecule has 0 radical (unpaired) electrons. The van der Waals surface area contributed by atoms with Gasteiger partial charge in [0.2, 0.25) is 11.2 Å². The molecule has 0 saturated carbocycles. The van der Waals surface area contributed by atoms with E-state index in [-0.39, 0.29) is 29.4 Å². The quantitative estimate of drug-likeness (QED) is 0.193. The number of fused-ring (bicyclic) bond motifs is 4. The fourth-order valence-corrected chi connectivity index (χ4v) is 5.52. The molecular formula is C32H33IN2. The van der Waals surface area contributed by atoms with Gasteiger partial charge in [-0.25, -0.2) is 0 Å². The van der Waals surface area contributed by atoms with Crippen LogP contribution >= 0.6 is 0 Å². The second kappa shape index (κ2) is 10.4. The van der Waals surface area contributed by atoms with Crippen molar-refractivity contribution in [1.82, 2.24) is 0 Å². The van der Waals surface area contributed by atoms with Crippen molar-refractivity contribution in [3.05, 3.63) is 114 Å². The summed E-state index contributed by atoms with van der Waals surface area (Å²) < 4.78 is 2.36. The molecule has 0 fully saturated rings. The molecule has 1 aliphatic rings. The van der Waals surface area contributed by atoms with Gasteiger partial charge in [-0.2, -0.15) is 4.57 Å². The molecule has 2 nitrogen and oxygen atoms in total. The van der Waals surface area contributed by atoms with Crippen molar-refractivity contribution in [2.45, 2.75) is 39.7 Å². The molecule has 1 aromatic heterocycles. The first-order valence-corrected chi connectivity index (χ1v) is 12.3. The van der Waals surface area contributed by atoms with Crippen molar-refractivity contribution in [3.63, 3.8) is 0 Å².